The van der Waals surface area contributed by atoms with Gasteiger partial charge in [0.1, 0.15) is 5.01 Å². The Morgan fingerprint density at radius 2 is 1.83 bits per heavy atom. The Kier molecular flexibility index (Phi) is 4.39. The van der Waals surface area contributed by atoms with Crippen LogP contribution in [0.1, 0.15) is 10.4 Å². The fourth-order valence-corrected chi connectivity index (χ4v) is 3.11. The van der Waals surface area contributed by atoms with Crippen LogP contribution < -0.4 is 5.32 Å². The number of hydrogen-bond donors (Lipinski definition) is 2. The molecule has 0 saturated carbocycles. The van der Waals surface area contributed by atoms with E-state index in [1.807, 2.05) is 61.5 Å². The van der Waals surface area contributed by atoms with E-state index in [1.165, 1.54) is 11.3 Å². The molecule has 2 N–H and O–H groups in total. The van der Waals surface area contributed by atoms with Crippen molar-refractivity contribution in [3.8, 4) is 16.5 Å². The van der Waals surface area contributed by atoms with Crippen molar-refractivity contribution in [3.63, 3.8) is 0 Å². The van der Waals surface area contributed by atoms with Gasteiger partial charge in [0.25, 0.3) is 0 Å². The number of para-hydroxylation sites is 1. The van der Waals surface area contributed by atoms with Gasteiger partial charge in [0.05, 0.1) is 11.3 Å². The molecule has 0 spiro atoms. The molecule has 0 aliphatic carbocycles. The van der Waals surface area contributed by atoms with E-state index in [2.05, 4.69) is 10.3 Å². The molecular weight excluding hydrogens is 308 g/mol. The minimum absolute atomic E-state index is 0.0752. The Labute approximate surface area is 138 Å². The third-order valence-electron chi connectivity index (χ3n) is 3.35. The highest BCUT2D eigenvalue weighted by Crippen LogP contribution is 2.32. The van der Waals surface area contributed by atoms with Crippen molar-refractivity contribution in [2.45, 2.75) is 13.3 Å². The van der Waals surface area contributed by atoms with Crippen LogP contribution in [-0.4, -0.2) is 16.0 Å². The maximum absolute atomic E-state index is 12.1. The standard InChI is InChI=1S/C18H16N2O2S/c1-12-7-9-13(10-8-12)18-20-17(22)15(23-18)11-16(21)19-14-5-3-2-4-6-14/h2-10,22H,11H2,1H3,(H,19,21). The van der Waals surface area contributed by atoms with Crippen LogP contribution >= 0.6 is 11.3 Å². The first-order valence-electron chi connectivity index (χ1n) is 7.22. The van der Waals surface area contributed by atoms with Crippen LogP contribution in [0.5, 0.6) is 5.88 Å². The molecule has 0 atom stereocenters. The lowest BCUT2D eigenvalue weighted by molar-refractivity contribution is -0.115. The zero-order valence-corrected chi connectivity index (χ0v) is 13.4. The Hall–Kier alpha value is -2.66. The maximum atomic E-state index is 12.1. The van der Waals surface area contributed by atoms with Crippen molar-refractivity contribution in [1.82, 2.24) is 4.98 Å². The van der Waals surface area contributed by atoms with Gasteiger partial charge in [0.2, 0.25) is 11.8 Å². The topological polar surface area (TPSA) is 62.2 Å². The first kappa shape index (κ1) is 15.2. The van der Waals surface area contributed by atoms with E-state index >= 15 is 0 Å². The predicted molar refractivity (Wildman–Crippen MR) is 92.7 cm³/mol. The van der Waals surface area contributed by atoms with Gasteiger partial charge in [0.15, 0.2) is 0 Å². The molecule has 0 aliphatic heterocycles. The molecule has 0 aliphatic rings. The first-order chi connectivity index (χ1) is 11.1. The molecule has 0 fully saturated rings. The van der Waals surface area contributed by atoms with Gasteiger partial charge in [-0.15, -0.1) is 11.3 Å². The zero-order valence-electron chi connectivity index (χ0n) is 12.6. The van der Waals surface area contributed by atoms with Crippen LogP contribution in [0.3, 0.4) is 0 Å². The molecule has 2 aromatic carbocycles. The summed E-state index contributed by atoms with van der Waals surface area (Å²) in [6.07, 6.45) is 0.101. The Morgan fingerprint density at radius 3 is 2.52 bits per heavy atom. The molecule has 0 bridgehead atoms. The van der Waals surface area contributed by atoms with Gasteiger partial charge in [-0.1, -0.05) is 48.0 Å². The number of rotatable bonds is 4. The minimum Gasteiger partial charge on any atom is -0.492 e. The number of thiazole rings is 1. The number of benzene rings is 2. The summed E-state index contributed by atoms with van der Waals surface area (Å²) in [5, 5.41) is 13.5. The number of nitrogens with one attached hydrogen (secondary N) is 1. The van der Waals surface area contributed by atoms with Crippen LogP contribution in [0.2, 0.25) is 0 Å². The molecule has 0 saturated heterocycles. The highest BCUT2D eigenvalue weighted by atomic mass is 32.1. The molecule has 1 amide bonds. The fraction of sp³-hybridized carbons (Fsp3) is 0.111. The summed E-state index contributed by atoms with van der Waals surface area (Å²) >= 11 is 1.34. The van der Waals surface area contributed by atoms with Gasteiger partial charge in [0, 0.05) is 11.3 Å². The smallest absolute Gasteiger partial charge is 0.229 e. The Morgan fingerprint density at radius 1 is 1.13 bits per heavy atom. The normalized spacial score (nSPS) is 10.5. The number of aromatic nitrogens is 1. The highest BCUT2D eigenvalue weighted by Gasteiger charge is 2.15. The van der Waals surface area contributed by atoms with Gasteiger partial charge in [-0.05, 0) is 19.1 Å². The average molecular weight is 324 g/mol. The van der Waals surface area contributed by atoms with E-state index in [4.69, 9.17) is 0 Å². The van der Waals surface area contributed by atoms with Crippen LogP contribution in [-0.2, 0) is 11.2 Å². The summed E-state index contributed by atoms with van der Waals surface area (Å²) in [5.41, 5.74) is 2.84. The summed E-state index contributed by atoms with van der Waals surface area (Å²) < 4.78 is 0. The molecule has 23 heavy (non-hydrogen) atoms. The molecule has 1 heterocycles. The van der Waals surface area contributed by atoms with E-state index in [-0.39, 0.29) is 18.2 Å². The van der Waals surface area contributed by atoms with Crippen LogP contribution in [0.15, 0.2) is 54.6 Å². The highest BCUT2D eigenvalue weighted by molar-refractivity contribution is 7.15. The maximum Gasteiger partial charge on any atom is 0.229 e. The number of carbonyl (C=O) groups excluding carboxylic acids is 1. The van der Waals surface area contributed by atoms with Crippen molar-refractivity contribution in [2.24, 2.45) is 0 Å². The lowest BCUT2D eigenvalue weighted by atomic mass is 10.2. The van der Waals surface area contributed by atoms with Crippen molar-refractivity contribution in [2.75, 3.05) is 5.32 Å². The van der Waals surface area contributed by atoms with Crippen LogP contribution in [0, 0.1) is 6.92 Å². The molecule has 1 aromatic heterocycles. The molecule has 0 radical (unpaired) electrons. The predicted octanol–water partition coefficient (Wildman–Crippen LogP) is 4.01. The number of amides is 1. The second-order valence-corrected chi connectivity index (χ2v) is 6.31. The monoisotopic (exact) mass is 324 g/mol. The summed E-state index contributed by atoms with van der Waals surface area (Å²) in [6.45, 7) is 2.02. The SMILES string of the molecule is Cc1ccc(-c2nc(O)c(CC(=O)Nc3ccccc3)s2)cc1. The van der Waals surface area contributed by atoms with E-state index in [0.29, 0.717) is 9.88 Å². The molecule has 0 unspecified atom stereocenters. The van der Waals surface area contributed by atoms with E-state index in [1.54, 1.807) is 0 Å². The van der Waals surface area contributed by atoms with Crippen molar-refractivity contribution in [3.05, 3.63) is 65.0 Å². The molecule has 3 rings (SSSR count). The number of hydrogen-bond acceptors (Lipinski definition) is 4. The summed E-state index contributed by atoms with van der Waals surface area (Å²) in [4.78, 5) is 16.8. The number of aryl methyl sites for hydroxylation is 1. The van der Waals surface area contributed by atoms with Crippen molar-refractivity contribution in [1.29, 1.82) is 0 Å². The van der Waals surface area contributed by atoms with Gasteiger partial charge in [-0.2, -0.15) is 0 Å². The second kappa shape index (κ2) is 6.62. The van der Waals surface area contributed by atoms with Gasteiger partial charge in [-0.3, -0.25) is 4.79 Å². The largest absolute Gasteiger partial charge is 0.492 e. The Balaban J connectivity index is 1.73. The molecule has 3 aromatic rings. The molecule has 5 heteroatoms. The number of nitrogens with zero attached hydrogens (tertiary/aromatic N) is 1. The summed E-state index contributed by atoms with van der Waals surface area (Å²) in [6, 6.07) is 17.2. The molecular formula is C18H16N2O2S. The summed E-state index contributed by atoms with van der Waals surface area (Å²) in [7, 11) is 0. The number of anilines is 1. The first-order valence-corrected chi connectivity index (χ1v) is 8.04. The van der Waals surface area contributed by atoms with E-state index < -0.39 is 0 Å². The van der Waals surface area contributed by atoms with E-state index in [0.717, 1.165) is 16.8 Å². The number of carbonyl (C=O) groups is 1. The van der Waals surface area contributed by atoms with Gasteiger partial charge >= 0.3 is 0 Å². The third-order valence-corrected chi connectivity index (χ3v) is 4.45. The minimum atomic E-state index is -0.175. The fourth-order valence-electron chi connectivity index (χ4n) is 2.15. The van der Waals surface area contributed by atoms with E-state index in [9.17, 15) is 9.90 Å². The molecule has 4 nitrogen and oxygen atoms in total. The lowest BCUT2D eigenvalue weighted by Crippen LogP contribution is -2.13. The zero-order chi connectivity index (χ0) is 16.2. The molecule has 116 valence electrons. The van der Waals surface area contributed by atoms with Crippen LogP contribution in [0.25, 0.3) is 10.6 Å². The van der Waals surface area contributed by atoms with Gasteiger partial charge in [-0.25, -0.2) is 4.98 Å². The van der Waals surface area contributed by atoms with Crippen molar-refractivity contribution < 1.29 is 9.90 Å². The lowest BCUT2D eigenvalue weighted by Gasteiger charge is -2.03. The van der Waals surface area contributed by atoms with Gasteiger partial charge < -0.3 is 10.4 Å². The second-order valence-electron chi connectivity index (χ2n) is 5.22. The summed E-state index contributed by atoms with van der Waals surface area (Å²) in [5.74, 6) is -0.251. The van der Waals surface area contributed by atoms with Crippen LogP contribution in [0.4, 0.5) is 5.69 Å². The quantitative estimate of drug-likeness (QED) is 0.762. The number of aromatic hydroxyl groups is 1. The third kappa shape index (κ3) is 3.76. The van der Waals surface area contributed by atoms with Crippen molar-refractivity contribution >= 4 is 22.9 Å². The Bertz CT molecular complexity index is 811. The average Bonchev–Trinajstić information content (AvgIpc) is 2.90.